The molecule has 0 spiro atoms. The van der Waals surface area contributed by atoms with Gasteiger partial charge < -0.3 is 4.90 Å². The minimum Gasteiger partial charge on any atom is -0.301 e. The smallest absolute Gasteiger partial charge is 0.266 e. The number of hydrogen-bond acceptors (Lipinski definition) is 6. The maximum absolute atomic E-state index is 12.2. The summed E-state index contributed by atoms with van der Waals surface area (Å²) < 4.78 is 5.10. The minimum absolute atomic E-state index is 0.0606. The van der Waals surface area contributed by atoms with Gasteiger partial charge in [-0.1, -0.05) is 5.21 Å². The average Bonchev–Trinajstić information content (AvgIpc) is 3.37. The molecule has 0 aromatic carbocycles. The Morgan fingerprint density at radius 2 is 1.96 bits per heavy atom. The maximum atomic E-state index is 12.2. The summed E-state index contributed by atoms with van der Waals surface area (Å²) in [6.07, 6.45) is 9.25. The van der Waals surface area contributed by atoms with E-state index in [1.165, 1.54) is 0 Å². The Morgan fingerprint density at radius 1 is 1.08 bits per heavy atom. The van der Waals surface area contributed by atoms with Crippen LogP contribution < -0.4 is 5.56 Å². The highest BCUT2D eigenvalue weighted by molar-refractivity contribution is 5.17. The fourth-order valence-electron chi connectivity index (χ4n) is 3.33. The van der Waals surface area contributed by atoms with E-state index in [4.69, 9.17) is 0 Å². The van der Waals surface area contributed by atoms with Gasteiger partial charge in [0.2, 0.25) is 0 Å². The summed E-state index contributed by atoms with van der Waals surface area (Å²) in [6.45, 7) is 4.56. The lowest BCUT2D eigenvalue weighted by Crippen LogP contribution is -2.38. The van der Waals surface area contributed by atoms with Gasteiger partial charge in [0.15, 0.2) is 5.82 Å². The molecule has 9 nitrogen and oxygen atoms in total. The Balaban J connectivity index is 1.33. The highest BCUT2D eigenvalue weighted by Gasteiger charge is 2.20. The second-order valence-corrected chi connectivity index (χ2v) is 6.61. The van der Waals surface area contributed by atoms with E-state index in [2.05, 4.69) is 25.4 Å². The standard InChI is InChI=1S/C17H22N8O/c26-17-3-2-16(24-8-1-6-19-24)20-25(17)14-15-4-9-22(10-5-15)12-13-23-11-7-18-21-23/h1-3,6-8,11,15H,4-5,9-10,12-14H2. The van der Waals surface area contributed by atoms with Crippen LogP contribution in [0.5, 0.6) is 0 Å². The van der Waals surface area contributed by atoms with Crippen LogP contribution in [0.4, 0.5) is 0 Å². The normalized spacial score (nSPS) is 16.2. The highest BCUT2D eigenvalue weighted by Crippen LogP contribution is 2.18. The summed E-state index contributed by atoms with van der Waals surface area (Å²) in [4.78, 5) is 14.6. The van der Waals surface area contributed by atoms with Crippen LogP contribution in [0.15, 0.2) is 47.8 Å². The van der Waals surface area contributed by atoms with Gasteiger partial charge in [0.05, 0.1) is 12.7 Å². The van der Waals surface area contributed by atoms with Crippen molar-refractivity contribution in [2.45, 2.75) is 25.9 Å². The van der Waals surface area contributed by atoms with Crippen LogP contribution in [0.3, 0.4) is 0 Å². The lowest BCUT2D eigenvalue weighted by molar-refractivity contribution is 0.163. The summed E-state index contributed by atoms with van der Waals surface area (Å²) in [5, 5.41) is 16.5. The zero-order chi connectivity index (χ0) is 17.8. The summed E-state index contributed by atoms with van der Waals surface area (Å²) in [5.74, 6) is 1.13. The van der Waals surface area contributed by atoms with Crippen LogP contribution in [0.25, 0.3) is 5.82 Å². The molecule has 3 aromatic heterocycles. The van der Waals surface area contributed by atoms with Crippen LogP contribution >= 0.6 is 0 Å². The number of nitrogens with zero attached hydrogens (tertiary/aromatic N) is 8. The largest absolute Gasteiger partial charge is 0.301 e. The molecular weight excluding hydrogens is 332 g/mol. The van der Waals surface area contributed by atoms with E-state index in [0.717, 1.165) is 39.0 Å². The van der Waals surface area contributed by atoms with Crippen molar-refractivity contribution in [2.24, 2.45) is 5.92 Å². The predicted molar refractivity (Wildman–Crippen MR) is 94.8 cm³/mol. The van der Waals surface area contributed by atoms with Crippen molar-refractivity contribution < 1.29 is 0 Å². The lowest BCUT2D eigenvalue weighted by atomic mass is 9.97. The summed E-state index contributed by atoms with van der Waals surface area (Å²) in [5.41, 5.74) is -0.0606. The first-order chi connectivity index (χ1) is 12.8. The SMILES string of the molecule is O=c1ccc(-n2cccn2)nn1CC1CCN(CCn2ccnn2)CC1. The maximum Gasteiger partial charge on any atom is 0.266 e. The molecule has 1 fully saturated rings. The van der Waals surface area contributed by atoms with Crippen LogP contribution in [0.2, 0.25) is 0 Å². The van der Waals surface area contributed by atoms with E-state index in [1.807, 2.05) is 23.1 Å². The number of rotatable bonds is 6. The Bertz CT molecular complexity index is 863. The van der Waals surface area contributed by atoms with E-state index in [0.29, 0.717) is 18.3 Å². The molecule has 0 N–H and O–H groups in total. The van der Waals surface area contributed by atoms with Gasteiger partial charge in [-0.3, -0.25) is 9.48 Å². The van der Waals surface area contributed by atoms with E-state index in [9.17, 15) is 4.79 Å². The minimum atomic E-state index is -0.0606. The van der Waals surface area contributed by atoms with E-state index < -0.39 is 0 Å². The molecule has 4 rings (SSSR count). The van der Waals surface area contributed by atoms with E-state index >= 15 is 0 Å². The zero-order valence-corrected chi connectivity index (χ0v) is 14.6. The molecular formula is C17H22N8O. The number of aromatic nitrogens is 7. The molecule has 4 heterocycles. The zero-order valence-electron chi connectivity index (χ0n) is 14.6. The molecule has 9 heteroatoms. The van der Waals surface area contributed by atoms with Crippen molar-refractivity contribution in [1.82, 2.24) is 39.5 Å². The van der Waals surface area contributed by atoms with Gasteiger partial charge in [-0.2, -0.15) is 5.10 Å². The Labute approximate surface area is 150 Å². The van der Waals surface area contributed by atoms with Gasteiger partial charge >= 0.3 is 0 Å². The molecule has 1 aliphatic heterocycles. The van der Waals surface area contributed by atoms with Gasteiger partial charge in [-0.25, -0.2) is 9.36 Å². The molecule has 1 saturated heterocycles. The lowest BCUT2D eigenvalue weighted by Gasteiger charge is -2.31. The quantitative estimate of drug-likeness (QED) is 0.638. The third-order valence-electron chi connectivity index (χ3n) is 4.85. The van der Waals surface area contributed by atoms with Crippen LogP contribution in [0.1, 0.15) is 12.8 Å². The molecule has 0 radical (unpaired) electrons. The van der Waals surface area contributed by atoms with Gasteiger partial charge in [-0.15, -0.1) is 10.2 Å². The molecule has 0 amide bonds. The number of hydrogen-bond donors (Lipinski definition) is 0. The van der Waals surface area contributed by atoms with Gasteiger partial charge in [0.1, 0.15) is 0 Å². The Morgan fingerprint density at radius 3 is 2.69 bits per heavy atom. The summed E-state index contributed by atoms with van der Waals surface area (Å²) in [7, 11) is 0. The van der Waals surface area contributed by atoms with Crippen molar-refractivity contribution in [1.29, 1.82) is 0 Å². The van der Waals surface area contributed by atoms with Crippen molar-refractivity contribution >= 4 is 0 Å². The molecule has 0 atom stereocenters. The first-order valence-electron chi connectivity index (χ1n) is 8.92. The van der Waals surface area contributed by atoms with E-state index in [-0.39, 0.29) is 5.56 Å². The fourth-order valence-corrected chi connectivity index (χ4v) is 3.33. The van der Waals surface area contributed by atoms with Crippen molar-refractivity contribution in [2.75, 3.05) is 19.6 Å². The molecule has 0 unspecified atom stereocenters. The predicted octanol–water partition coefficient (Wildman–Crippen LogP) is 0.433. The monoisotopic (exact) mass is 354 g/mol. The molecule has 0 saturated carbocycles. The average molecular weight is 354 g/mol. The Hall–Kier alpha value is -2.81. The highest BCUT2D eigenvalue weighted by atomic mass is 16.1. The van der Waals surface area contributed by atoms with Crippen molar-refractivity contribution in [3.05, 3.63) is 53.3 Å². The first kappa shape index (κ1) is 16.6. The molecule has 0 bridgehead atoms. The Kier molecular flexibility index (Phi) is 4.87. The molecule has 136 valence electrons. The van der Waals surface area contributed by atoms with Crippen LogP contribution in [-0.4, -0.2) is 59.1 Å². The van der Waals surface area contributed by atoms with Gasteiger partial charge in [0, 0.05) is 37.7 Å². The van der Waals surface area contributed by atoms with Gasteiger partial charge in [-0.05, 0) is 44.0 Å². The van der Waals surface area contributed by atoms with Crippen molar-refractivity contribution in [3.63, 3.8) is 0 Å². The van der Waals surface area contributed by atoms with Crippen LogP contribution in [-0.2, 0) is 13.1 Å². The topological polar surface area (TPSA) is 86.7 Å². The van der Waals surface area contributed by atoms with Crippen molar-refractivity contribution in [3.8, 4) is 5.82 Å². The molecule has 0 aliphatic carbocycles. The van der Waals surface area contributed by atoms with Gasteiger partial charge in [0.25, 0.3) is 5.56 Å². The second-order valence-electron chi connectivity index (χ2n) is 6.61. The summed E-state index contributed by atoms with van der Waals surface area (Å²) >= 11 is 0. The third kappa shape index (κ3) is 3.88. The van der Waals surface area contributed by atoms with Crippen LogP contribution in [0, 0.1) is 5.92 Å². The second kappa shape index (κ2) is 7.61. The van der Waals surface area contributed by atoms with E-state index in [1.54, 1.807) is 33.9 Å². The molecule has 26 heavy (non-hydrogen) atoms. The first-order valence-corrected chi connectivity index (χ1v) is 8.92. The third-order valence-corrected chi connectivity index (χ3v) is 4.85. The molecule has 3 aromatic rings. The summed E-state index contributed by atoms with van der Waals surface area (Å²) in [6, 6.07) is 5.11. The number of likely N-dealkylation sites (tertiary alicyclic amines) is 1. The number of piperidine rings is 1. The fraction of sp³-hybridized carbons (Fsp3) is 0.471. The molecule has 1 aliphatic rings.